The lowest BCUT2D eigenvalue weighted by Gasteiger charge is -2.12. The molecule has 3 N–H and O–H groups in total. The van der Waals surface area contributed by atoms with Crippen LogP contribution in [0.2, 0.25) is 0 Å². The van der Waals surface area contributed by atoms with Gasteiger partial charge in [0.05, 0.1) is 27.2 Å². The van der Waals surface area contributed by atoms with Gasteiger partial charge in [0.2, 0.25) is 0 Å². The van der Waals surface area contributed by atoms with Crippen molar-refractivity contribution in [3.8, 4) is 0 Å². The minimum atomic E-state index is 0.687. The van der Waals surface area contributed by atoms with E-state index in [1.54, 1.807) is 0 Å². The predicted octanol–water partition coefficient (Wildman–Crippen LogP) is 0.426. The van der Waals surface area contributed by atoms with Crippen LogP contribution in [0.4, 0.5) is 5.69 Å². The fourth-order valence-electron chi connectivity index (χ4n) is 1.32. The summed E-state index contributed by atoms with van der Waals surface area (Å²) < 4.78 is 0. The first-order valence-electron chi connectivity index (χ1n) is 5.48. The average Bonchev–Trinajstić information content (AvgIpc) is 2.16. The number of rotatable bonds is 4. The van der Waals surface area contributed by atoms with Crippen LogP contribution in [0.25, 0.3) is 0 Å². The van der Waals surface area contributed by atoms with Gasteiger partial charge >= 0.3 is 0 Å². The predicted molar refractivity (Wildman–Crippen MR) is 73.1 cm³/mol. The van der Waals surface area contributed by atoms with Crippen LogP contribution in [0.1, 0.15) is 5.56 Å². The maximum Gasteiger partial charge on any atom is 0.170 e. The Balaban J connectivity index is 2.34. The molecule has 1 rings (SSSR count). The number of aryl methyl sites for hydroxylation is 1. The Morgan fingerprint density at radius 1 is 1.38 bits per heavy atom. The molecular weight excluding hydrogens is 218 g/mol. The first-order chi connectivity index (χ1) is 7.58. The van der Waals surface area contributed by atoms with Crippen LogP contribution < -0.4 is 15.5 Å². The van der Waals surface area contributed by atoms with Gasteiger partial charge in [0.15, 0.2) is 5.11 Å². The second kappa shape index (κ2) is 6.45. The van der Waals surface area contributed by atoms with E-state index in [1.807, 2.05) is 12.1 Å². The Morgan fingerprint density at radius 3 is 2.75 bits per heavy atom. The van der Waals surface area contributed by atoms with Crippen molar-refractivity contribution in [1.29, 1.82) is 0 Å². The van der Waals surface area contributed by atoms with E-state index >= 15 is 0 Å². The molecule has 0 atom stereocenters. The first kappa shape index (κ1) is 12.9. The fraction of sp³-hybridized carbons (Fsp3) is 0.417. The van der Waals surface area contributed by atoms with Crippen molar-refractivity contribution in [1.82, 2.24) is 5.32 Å². The maximum atomic E-state index is 5.20. The van der Waals surface area contributed by atoms with E-state index in [0.717, 1.165) is 18.8 Å². The van der Waals surface area contributed by atoms with Crippen molar-refractivity contribution < 1.29 is 4.90 Å². The van der Waals surface area contributed by atoms with Crippen molar-refractivity contribution in [2.24, 2.45) is 0 Å². The lowest BCUT2D eigenvalue weighted by Crippen LogP contribution is -3.06. The zero-order valence-electron chi connectivity index (χ0n) is 10.1. The lowest BCUT2D eigenvalue weighted by atomic mass is 10.2. The number of hydrogen-bond donors (Lipinski definition) is 3. The lowest BCUT2D eigenvalue weighted by molar-refractivity contribution is -0.856. The molecule has 0 aromatic heterocycles. The molecule has 0 heterocycles. The largest absolute Gasteiger partial charge is 0.357 e. The molecule has 0 saturated carbocycles. The fourth-order valence-corrected chi connectivity index (χ4v) is 1.54. The molecule has 0 fully saturated rings. The molecule has 4 heteroatoms. The van der Waals surface area contributed by atoms with Crippen LogP contribution in [0.3, 0.4) is 0 Å². The Hall–Kier alpha value is -1.13. The van der Waals surface area contributed by atoms with Crippen LogP contribution in [0.5, 0.6) is 0 Å². The molecule has 3 nitrogen and oxygen atoms in total. The Morgan fingerprint density at radius 2 is 2.12 bits per heavy atom. The maximum absolute atomic E-state index is 5.20. The molecule has 1 aromatic rings. The summed E-state index contributed by atoms with van der Waals surface area (Å²) in [4.78, 5) is 1.41. The third-order valence-corrected chi connectivity index (χ3v) is 2.43. The molecule has 0 aliphatic rings. The van der Waals surface area contributed by atoms with Gasteiger partial charge in [-0.25, -0.2) is 0 Å². The van der Waals surface area contributed by atoms with Crippen molar-refractivity contribution in [2.45, 2.75) is 6.92 Å². The molecule has 0 bridgehead atoms. The van der Waals surface area contributed by atoms with Crippen molar-refractivity contribution >= 4 is 23.0 Å². The van der Waals surface area contributed by atoms with Crippen LogP contribution in [-0.2, 0) is 0 Å². The quantitative estimate of drug-likeness (QED) is 0.664. The second-order valence-corrected chi connectivity index (χ2v) is 4.62. The second-order valence-electron chi connectivity index (χ2n) is 4.21. The molecule has 0 aliphatic carbocycles. The van der Waals surface area contributed by atoms with Crippen molar-refractivity contribution in [2.75, 3.05) is 32.5 Å². The van der Waals surface area contributed by atoms with Crippen molar-refractivity contribution in [3.05, 3.63) is 29.8 Å². The van der Waals surface area contributed by atoms with Gasteiger partial charge in [0.25, 0.3) is 0 Å². The van der Waals surface area contributed by atoms with E-state index in [9.17, 15) is 0 Å². The molecule has 16 heavy (non-hydrogen) atoms. The number of thiocarbonyl (C=S) groups is 1. The van der Waals surface area contributed by atoms with Gasteiger partial charge in [0, 0.05) is 5.69 Å². The molecule has 88 valence electrons. The van der Waals surface area contributed by atoms with E-state index in [2.05, 4.69) is 43.8 Å². The van der Waals surface area contributed by atoms with Gasteiger partial charge in [-0.05, 0) is 36.8 Å². The Kier molecular flexibility index (Phi) is 5.22. The number of quaternary nitrogens is 1. The van der Waals surface area contributed by atoms with E-state index < -0.39 is 0 Å². The van der Waals surface area contributed by atoms with Crippen molar-refractivity contribution in [3.63, 3.8) is 0 Å². The molecule has 1 aromatic carbocycles. The number of anilines is 1. The van der Waals surface area contributed by atoms with Gasteiger partial charge in [-0.3, -0.25) is 0 Å². The monoisotopic (exact) mass is 238 g/mol. The smallest absolute Gasteiger partial charge is 0.170 e. The number of benzene rings is 1. The molecule has 0 unspecified atom stereocenters. The molecule has 0 amide bonds. The van der Waals surface area contributed by atoms with E-state index in [1.165, 1.54) is 10.5 Å². The van der Waals surface area contributed by atoms with Gasteiger partial charge in [-0.15, -0.1) is 0 Å². The van der Waals surface area contributed by atoms with Crippen LogP contribution in [0.15, 0.2) is 24.3 Å². The topological polar surface area (TPSA) is 28.5 Å². The highest BCUT2D eigenvalue weighted by Gasteiger charge is 1.98. The molecule has 0 aliphatic heterocycles. The summed E-state index contributed by atoms with van der Waals surface area (Å²) in [6.45, 7) is 4.01. The van der Waals surface area contributed by atoms with E-state index in [-0.39, 0.29) is 0 Å². The van der Waals surface area contributed by atoms with Gasteiger partial charge in [-0.1, -0.05) is 12.1 Å². The summed E-state index contributed by atoms with van der Waals surface area (Å²) in [6.07, 6.45) is 0. The zero-order valence-corrected chi connectivity index (χ0v) is 10.9. The van der Waals surface area contributed by atoms with Crippen LogP contribution >= 0.6 is 12.2 Å². The normalized spacial score (nSPS) is 10.2. The highest BCUT2D eigenvalue weighted by atomic mass is 32.1. The molecular formula is C12H20N3S+. The number of likely N-dealkylation sites (N-methyl/N-ethyl adjacent to an activating group) is 1. The van der Waals surface area contributed by atoms with E-state index in [0.29, 0.717) is 5.11 Å². The van der Waals surface area contributed by atoms with Gasteiger partial charge < -0.3 is 15.5 Å². The van der Waals surface area contributed by atoms with Crippen LogP contribution in [-0.4, -0.2) is 32.3 Å². The summed E-state index contributed by atoms with van der Waals surface area (Å²) in [6, 6.07) is 8.17. The third kappa shape index (κ3) is 5.09. The number of hydrogen-bond acceptors (Lipinski definition) is 1. The minimum absolute atomic E-state index is 0.687. The molecule has 0 radical (unpaired) electrons. The SMILES string of the molecule is Cc1cccc(NC(=S)NCC[NH+](C)C)c1. The summed E-state index contributed by atoms with van der Waals surface area (Å²) in [5, 5.41) is 7.04. The Bertz CT molecular complexity index is 350. The molecule has 0 spiro atoms. The summed E-state index contributed by atoms with van der Waals surface area (Å²) in [7, 11) is 4.25. The summed E-state index contributed by atoms with van der Waals surface area (Å²) >= 11 is 5.20. The zero-order chi connectivity index (χ0) is 12.0. The highest BCUT2D eigenvalue weighted by Crippen LogP contribution is 2.08. The van der Waals surface area contributed by atoms with Crippen LogP contribution in [0, 0.1) is 6.92 Å². The average molecular weight is 238 g/mol. The molecule has 0 saturated heterocycles. The van der Waals surface area contributed by atoms with Gasteiger partial charge in [-0.2, -0.15) is 0 Å². The summed E-state index contributed by atoms with van der Waals surface area (Å²) in [5.74, 6) is 0. The Labute approximate surface area is 103 Å². The highest BCUT2D eigenvalue weighted by molar-refractivity contribution is 7.80. The minimum Gasteiger partial charge on any atom is -0.357 e. The third-order valence-electron chi connectivity index (χ3n) is 2.19. The standard InChI is InChI=1S/C12H19N3S/c1-10-5-4-6-11(9-10)14-12(16)13-7-8-15(2)3/h4-6,9H,7-8H2,1-3H3,(H2,13,14,16)/p+1. The number of nitrogens with one attached hydrogen (secondary N) is 3. The van der Waals surface area contributed by atoms with E-state index in [4.69, 9.17) is 12.2 Å². The summed E-state index contributed by atoms with van der Waals surface area (Å²) in [5.41, 5.74) is 2.26. The van der Waals surface area contributed by atoms with Gasteiger partial charge in [0.1, 0.15) is 0 Å². The first-order valence-corrected chi connectivity index (χ1v) is 5.89.